The quantitative estimate of drug-likeness (QED) is 0.421. The molecule has 0 radical (unpaired) electrons. The van der Waals surface area contributed by atoms with Crippen molar-refractivity contribution in [1.29, 1.82) is 0 Å². The third-order valence-corrected chi connectivity index (χ3v) is 5.64. The van der Waals surface area contributed by atoms with Gasteiger partial charge in [-0.1, -0.05) is 78.3 Å². The van der Waals surface area contributed by atoms with E-state index in [0.717, 1.165) is 38.1 Å². The number of nitrogens with one attached hydrogen (secondary N) is 1. The Kier molecular flexibility index (Phi) is 6.05. The van der Waals surface area contributed by atoms with Crippen molar-refractivity contribution >= 4 is 34.4 Å². The van der Waals surface area contributed by atoms with Crippen LogP contribution in [0.4, 0.5) is 4.79 Å². The average Bonchev–Trinajstić information content (AvgIpc) is 3.21. The van der Waals surface area contributed by atoms with Crippen LogP contribution in [0.5, 0.6) is 0 Å². The summed E-state index contributed by atoms with van der Waals surface area (Å²) in [7, 11) is 0. The van der Waals surface area contributed by atoms with Crippen molar-refractivity contribution in [2.45, 2.75) is 19.4 Å². The number of aryl methyl sites for hydroxylation is 1. The Morgan fingerprint density at radius 1 is 0.903 bits per heavy atom. The molecule has 1 aromatic heterocycles. The van der Waals surface area contributed by atoms with Crippen LogP contribution >= 0.6 is 11.6 Å². The van der Waals surface area contributed by atoms with Crippen LogP contribution in [0, 0.1) is 0 Å². The van der Waals surface area contributed by atoms with Gasteiger partial charge in [0.15, 0.2) is 0 Å². The summed E-state index contributed by atoms with van der Waals surface area (Å²) >= 11 is 6.20. The summed E-state index contributed by atoms with van der Waals surface area (Å²) in [5.74, 6) is -0.309. The lowest BCUT2D eigenvalue weighted by Crippen LogP contribution is -2.40. The Balaban J connectivity index is 1.44. The minimum Gasteiger partial charge on any atom is -0.360 e. The first-order chi connectivity index (χ1) is 15.0. The number of aromatic amines is 1. The molecule has 0 saturated heterocycles. The van der Waals surface area contributed by atoms with Crippen LogP contribution in [0.15, 0.2) is 79.0 Å². The van der Waals surface area contributed by atoms with Gasteiger partial charge >= 0.3 is 6.03 Å². The fourth-order valence-electron chi connectivity index (χ4n) is 3.66. The smallest absolute Gasteiger partial charge is 0.321 e. The molecule has 4 rings (SSSR count). The van der Waals surface area contributed by atoms with Crippen molar-refractivity contribution in [3.63, 3.8) is 0 Å². The molecule has 3 N–H and O–H groups in total. The summed E-state index contributed by atoms with van der Waals surface area (Å²) in [6.45, 7) is 0.142. The van der Waals surface area contributed by atoms with E-state index < -0.39 is 6.03 Å². The molecule has 1 heterocycles. The van der Waals surface area contributed by atoms with Crippen LogP contribution in [0.1, 0.15) is 17.5 Å². The summed E-state index contributed by atoms with van der Waals surface area (Å²) in [6, 6.07) is 22.7. The number of para-hydroxylation sites is 1. The number of rotatable bonds is 6. The number of carbonyl (C=O) groups is 2. The van der Waals surface area contributed by atoms with Crippen LogP contribution in [-0.4, -0.2) is 21.8 Å². The van der Waals surface area contributed by atoms with Crippen LogP contribution in [-0.2, 0) is 17.8 Å². The molecule has 4 aromatic rings. The number of aromatic nitrogens is 1. The lowest BCUT2D eigenvalue weighted by Gasteiger charge is -2.19. The molecular weight excluding hydrogens is 410 g/mol. The number of hydrogen-bond donors (Lipinski definition) is 2. The molecule has 156 valence electrons. The van der Waals surface area contributed by atoms with Gasteiger partial charge in [0.25, 0.3) is 0 Å². The number of carbonyl (C=O) groups excluding carboxylic acids is 2. The van der Waals surface area contributed by atoms with Gasteiger partial charge in [0, 0.05) is 18.0 Å². The van der Waals surface area contributed by atoms with Crippen LogP contribution in [0.2, 0.25) is 5.02 Å². The van der Waals surface area contributed by atoms with Crippen molar-refractivity contribution in [2.75, 3.05) is 0 Å². The standard InChI is InChI=1S/C25H22ClN3O2/c26-22-8-4-7-21-20(15-28-24(21)22)13-14-23(30)29(25(27)31)16-17-9-11-19(12-10-17)18-5-2-1-3-6-18/h1-12,15,28H,13-14,16H2,(H2,27,31). The van der Waals surface area contributed by atoms with E-state index in [4.69, 9.17) is 17.3 Å². The van der Waals surface area contributed by atoms with Gasteiger partial charge in [-0.2, -0.15) is 0 Å². The summed E-state index contributed by atoms with van der Waals surface area (Å²) in [5, 5.41) is 1.61. The molecule has 31 heavy (non-hydrogen) atoms. The Hall–Kier alpha value is -3.57. The van der Waals surface area contributed by atoms with E-state index >= 15 is 0 Å². The number of benzene rings is 3. The maximum atomic E-state index is 12.8. The molecule has 0 aliphatic carbocycles. The zero-order valence-electron chi connectivity index (χ0n) is 16.8. The molecule has 5 nitrogen and oxygen atoms in total. The summed E-state index contributed by atoms with van der Waals surface area (Å²) in [4.78, 5) is 29.0. The minimum atomic E-state index is -0.751. The lowest BCUT2D eigenvalue weighted by molar-refractivity contribution is -0.128. The van der Waals surface area contributed by atoms with Crippen LogP contribution in [0.25, 0.3) is 22.0 Å². The largest absolute Gasteiger partial charge is 0.360 e. The first-order valence-electron chi connectivity index (χ1n) is 10.0. The molecule has 0 bridgehead atoms. The van der Waals surface area contributed by atoms with Gasteiger partial charge in [-0.15, -0.1) is 0 Å². The second-order valence-electron chi connectivity index (χ2n) is 7.36. The second-order valence-corrected chi connectivity index (χ2v) is 7.76. The zero-order chi connectivity index (χ0) is 21.8. The van der Waals surface area contributed by atoms with Crippen LogP contribution in [0.3, 0.4) is 0 Å². The number of nitrogens with zero attached hydrogens (tertiary/aromatic N) is 1. The number of amides is 3. The summed E-state index contributed by atoms with van der Waals surface area (Å²) in [6.07, 6.45) is 2.50. The monoisotopic (exact) mass is 431 g/mol. The number of H-pyrrole nitrogens is 1. The fourth-order valence-corrected chi connectivity index (χ4v) is 3.89. The minimum absolute atomic E-state index is 0.142. The van der Waals surface area contributed by atoms with E-state index in [1.54, 1.807) is 0 Å². The van der Waals surface area contributed by atoms with Gasteiger partial charge in [-0.25, -0.2) is 4.79 Å². The van der Waals surface area contributed by atoms with E-state index in [9.17, 15) is 9.59 Å². The molecular formula is C25H22ClN3O2. The number of hydrogen-bond acceptors (Lipinski definition) is 2. The number of primary amides is 1. The predicted octanol–water partition coefficient (Wildman–Crippen LogP) is 5.53. The van der Waals surface area contributed by atoms with E-state index in [0.29, 0.717) is 11.4 Å². The highest BCUT2D eigenvalue weighted by Gasteiger charge is 2.20. The third-order valence-electron chi connectivity index (χ3n) is 5.33. The van der Waals surface area contributed by atoms with Crippen molar-refractivity contribution in [3.05, 3.63) is 95.1 Å². The molecule has 0 fully saturated rings. The topological polar surface area (TPSA) is 79.2 Å². The van der Waals surface area contributed by atoms with E-state index in [1.807, 2.05) is 79.0 Å². The van der Waals surface area contributed by atoms with Gasteiger partial charge in [0.1, 0.15) is 0 Å². The van der Waals surface area contributed by atoms with Crippen molar-refractivity contribution in [3.8, 4) is 11.1 Å². The number of fused-ring (bicyclic) bond motifs is 1. The molecule has 0 saturated carbocycles. The van der Waals surface area contributed by atoms with Gasteiger partial charge < -0.3 is 10.7 Å². The van der Waals surface area contributed by atoms with Gasteiger partial charge in [0.2, 0.25) is 5.91 Å². The van der Waals surface area contributed by atoms with E-state index in [-0.39, 0.29) is 18.9 Å². The average molecular weight is 432 g/mol. The predicted molar refractivity (Wildman–Crippen MR) is 124 cm³/mol. The molecule has 3 aromatic carbocycles. The highest BCUT2D eigenvalue weighted by Crippen LogP contribution is 2.26. The second kappa shape index (κ2) is 9.06. The Morgan fingerprint density at radius 3 is 2.32 bits per heavy atom. The Morgan fingerprint density at radius 2 is 1.61 bits per heavy atom. The SMILES string of the molecule is NC(=O)N(Cc1ccc(-c2ccccc2)cc1)C(=O)CCc1c[nH]c2c(Cl)cccc12. The lowest BCUT2D eigenvalue weighted by atomic mass is 10.0. The molecule has 0 aliphatic rings. The number of nitrogens with two attached hydrogens (primary N) is 1. The van der Waals surface area contributed by atoms with Gasteiger partial charge in [-0.05, 0) is 34.7 Å². The van der Waals surface area contributed by atoms with Crippen molar-refractivity contribution in [2.24, 2.45) is 5.73 Å². The highest BCUT2D eigenvalue weighted by molar-refractivity contribution is 6.35. The maximum absolute atomic E-state index is 12.8. The zero-order valence-corrected chi connectivity index (χ0v) is 17.6. The van der Waals surface area contributed by atoms with Gasteiger partial charge in [0.05, 0.1) is 17.1 Å². The molecule has 3 amide bonds. The highest BCUT2D eigenvalue weighted by atomic mass is 35.5. The van der Waals surface area contributed by atoms with Crippen molar-refractivity contribution in [1.82, 2.24) is 9.88 Å². The first-order valence-corrected chi connectivity index (χ1v) is 10.4. The molecule has 0 spiro atoms. The molecule has 0 unspecified atom stereocenters. The summed E-state index contributed by atoms with van der Waals surface area (Å²) in [5.41, 5.74) is 10.3. The van der Waals surface area contributed by atoms with Crippen LogP contribution < -0.4 is 5.73 Å². The van der Waals surface area contributed by atoms with Gasteiger partial charge in [-0.3, -0.25) is 9.69 Å². The number of imide groups is 1. The third kappa shape index (κ3) is 4.62. The molecule has 0 aliphatic heterocycles. The summed E-state index contributed by atoms with van der Waals surface area (Å²) < 4.78 is 0. The first kappa shape index (κ1) is 20.7. The maximum Gasteiger partial charge on any atom is 0.321 e. The molecule has 0 atom stereocenters. The van der Waals surface area contributed by atoms with E-state index in [1.165, 1.54) is 0 Å². The Labute approximate surface area is 185 Å². The number of halogens is 1. The molecule has 6 heteroatoms. The number of urea groups is 1. The van der Waals surface area contributed by atoms with Crippen molar-refractivity contribution < 1.29 is 9.59 Å². The normalized spacial score (nSPS) is 10.9. The fraction of sp³-hybridized carbons (Fsp3) is 0.120. The Bertz CT molecular complexity index is 1220. The van der Waals surface area contributed by atoms with E-state index in [2.05, 4.69) is 4.98 Å².